The highest BCUT2D eigenvalue weighted by Crippen LogP contribution is 2.38. The molecular formula is C17H19ClO2. The van der Waals surface area contributed by atoms with Gasteiger partial charge in [-0.15, -0.1) is 0 Å². The Kier molecular flexibility index (Phi) is 4.34. The van der Waals surface area contributed by atoms with E-state index in [-0.39, 0.29) is 0 Å². The zero-order chi connectivity index (χ0) is 14.8. The number of benzene rings is 1. The van der Waals surface area contributed by atoms with Crippen molar-refractivity contribution in [3.63, 3.8) is 0 Å². The lowest BCUT2D eigenvalue weighted by Gasteiger charge is -2.35. The minimum Gasteiger partial charge on any atom is -0.482 e. The molecule has 106 valence electrons. The van der Waals surface area contributed by atoms with Crippen molar-refractivity contribution in [3.8, 4) is 5.75 Å². The molecule has 1 unspecified atom stereocenters. The van der Waals surface area contributed by atoms with Crippen LogP contribution in [0.5, 0.6) is 5.75 Å². The molecule has 2 nitrogen and oxygen atoms in total. The fraction of sp³-hybridized carbons (Fsp3) is 0.353. The Morgan fingerprint density at radius 1 is 1.40 bits per heavy atom. The minimum atomic E-state index is -0.575. The number of halogens is 1. The van der Waals surface area contributed by atoms with Crippen LogP contribution in [0, 0.1) is 0 Å². The quantitative estimate of drug-likeness (QED) is 0.587. The summed E-state index contributed by atoms with van der Waals surface area (Å²) in [5.41, 5.74) is 2.22. The molecule has 0 aromatic heterocycles. The predicted octanol–water partition coefficient (Wildman–Crippen LogP) is 4.82. The average Bonchev–Trinajstić information content (AvgIpc) is 2.38. The number of hydrogen-bond acceptors (Lipinski definition) is 2. The molecule has 0 N–H and O–H groups in total. The second-order valence-corrected chi connectivity index (χ2v) is 5.99. The van der Waals surface area contributed by atoms with E-state index in [1.54, 1.807) is 6.07 Å². The third kappa shape index (κ3) is 3.13. The summed E-state index contributed by atoms with van der Waals surface area (Å²) in [6, 6.07) is 5.47. The van der Waals surface area contributed by atoms with Gasteiger partial charge in [0, 0.05) is 16.2 Å². The van der Waals surface area contributed by atoms with Gasteiger partial charge < -0.3 is 4.74 Å². The van der Waals surface area contributed by atoms with Crippen molar-refractivity contribution in [3.05, 3.63) is 46.0 Å². The number of aldehydes is 1. The van der Waals surface area contributed by atoms with E-state index < -0.39 is 5.60 Å². The van der Waals surface area contributed by atoms with Gasteiger partial charge >= 0.3 is 0 Å². The Labute approximate surface area is 125 Å². The molecule has 3 heteroatoms. The van der Waals surface area contributed by atoms with Crippen molar-refractivity contribution >= 4 is 24.0 Å². The van der Waals surface area contributed by atoms with E-state index in [1.165, 1.54) is 5.57 Å². The maximum absolute atomic E-state index is 11.4. The van der Waals surface area contributed by atoms with Crippen LogP contribution in [0.4, 0.5) is 0 Å². The summed E-state index contributed by atoms with van der Waals surface area (Å²) in [6.45, 7) is 6.10. The van der Waals surface area contributed by atoms with Crippen molar-refractivity contribution in [1.82, 2.24) is 0 Å². The first kappa shape index (κ1) is 14.9. The highest BCUT2D eigenvalue weighted by Gasteiger charge is 2.34. The zero-order valence-corrected chi connectivity index (χ0v) is 12.8. The van der Waals surface area contributed by atoms with Gasteiger partial charge in [0.15, 0.2) is 0 Å². The maximum Gasteiger partial charge on any atom is 0.150 e. The van der Waals surface area contributed by atoms with Crippen LogP contribution in [0.25, 0.3) is 6.08 Å². The first-order valence-electron chi connectivity index (χ1n) is 6.74. The van der Waals surface area contributed by atoms with Gasteiger partial charge in [0.25, 0.3) is 0 Å². The molecule has 1 heterocycles. The maximum atomic E-state index is 11.4. The Bertz CT molecular complexity index is 583. The molecule has 1 aromatic carbocycles. The molecule has 0 fully saturated rings. The van der Waals surface area contributed by atoms with Crippen LogP contribution in [0.15, 0.2) is 35.4 Å². The van der Waals surface area contributed by atoms with Gasteiger partial charge in [0.2, 0.25) is 0 Å². The summed E-state index contributed by atoms with van der Waals surface area (Å²) in [7, 11) is 0. The second-order valence-electron chi connectivity index (χ2n) is 5.55. The second kappa shape index (κ2) is 5.84. The first-order valence-corrected chi connectivity index (χ1v) is 7.12. The van der Waals surface area contributed by atoms with E-state index in [0.717, 1.165) is 30.4 Å². The minimum absolute atomic E-state index is 0.575. The van der Waals surface area contributed by atoms with E-state index >= 15 is 0 Å². The molecule has 0 saturated carbocycles. The summed E-state index contributed by atoms with van der Waals surface area (Å²) in [4.78, 5) is 11.4. The fourth-order valence-corrected chi connectivity index (χ4v) is 2.52. The topological polar surface area (TPSA) is 26.3 Å². The number of allylic oxidation sites excluding steroid dienone is 2. The highest BCUT2D eigenvalue weighted by molar-refractivity contribution is 6.30. The molecule has 1 aliphatic heterocycles. The molecule has 1 aromatic rings. The predicted molar refractivity (Wildman–Crippen MR) is 83.2 cm³/mol. The normalized spacial score (nSPS) is 20.5. The van der Waals surface area contributed by atoms with Crippen LogP contribution in [0.1, 0.15) is 39.2 Å². The van der Waals surface area contributed by atoms with Gasteiger partial charge in [-0.3, -0.25) is 4.79 Å². The van der Waals surface area contributed by atoms with Crippen LogP contribution < -0.4 is 4.74 Å². The zero-order valence-electron chi connectivity index (χ0n) is 12.1. The summed E-state index contributed by atoms with van der Waals surface area (Å²) in [5, 5.41) is 0.641. The van der Waals surface area contributed by atoms with Crippen molar-refractivity contribution in [2.75, 3.05) is 0 Å². The summed E-state index contributed by atoms with van der Waals surface area (Å²) >= 11 is 5.98. The Hall–Kier alpha value is -1.54. The van der Waals surface area contributed by atoms with Crippen molar-refractivity contribution in [1.29, 1.82) is 0 Å². The molecule has 1 atom stereocenters. The van der Waals surface area contributed by atoms with Crippen LogP contribution in [0.2, 0.25) is 5.02 Å². The highest BCUT2D eigenvalue weighted by atomic mass is 35.5. The van der Waals surface area contributed by atoms with E-state index in [9.17, 15) is 4.79 Å². The van der Waals surface area contributed by atoms with Crippen LogP contribution in [-0.4, -0.2) is 11.9 Å². The van der Waals surface area contributed by atoms with Gasteiger partial charge in [-0.1, -0.05) is 23.3 Å². The summed E-state index contributed by atoms with van der Waals surface area (Å²) in [6.07, 6.45) is 6.57. The standard InChI is InChI=1S/C17H19ClO2/c1-12(2)5-4-8-17(3)14(11-19)9-13-10-15(18)6-7-16(13)20-17/h5-7,9-11H,4,8H2,1-3H3. The fourth-order valence-electron chi connectivity index (χ4n) is 2.34. The SMILES string of the molecule is CC(C)=CCCC1(C)Oc2ccc(Cl)cc2C=C1C=O. The van der Waals surface area contributed by atoms with E-state index in [4.69, 9.17) is 16.3 Å². The van der Waals surface area contributed by atoms with Crippen molar-refractivity contribution in [2.45, 2.75) is 39.2 Å². The number of hydrogen-bond donors (Lipinski definition) is 0. The smallest absolute Gasteiger partial charge is 0.150 e. The number of fused-ring (bicyclic) bond motifs is 1. The lowest BCUT2D eigenvalue weighted by molar-refractivity contribution is -0.106. The molecule has 0 radical (unpaired) electrons. The first-order chi connectivity index (χ1) is 9.44. The van der Waals surface area contributed by atoms with Gasteiger partial charge in [0.05, 0.1) is 0 Å². The summed E-state index contributed by atoms with van der Waals surface area (Å²) < 4.78 is 6.07. The van der Waals surface area contributed by atoms with E-state index in [1.807, 2.05) is 25.1 Å². The van der Waals surface area contributed by atoms with Gasteiger partial charge in [-0.2, -0.15) is 0 Å². The Balaban J connectivity index is 2.30. The Morgan fingerprint density at radius 2 is 2.15 bits per heavy atom. The monoisotopic (exact) mass is 290 g/mol. The lowest BCUT2D eigenvalue weighted by Crippen LogP contribution is -2.37. The molecule has 0 amide bonds. The van der Waals surface area contributed by atoms with Crippen molar-refractivity contribution in [2.24, 2.45) is 0 Å². The summed E-state index contributed by atoms with van der Waals surface area (Å²) in [5.74, 6) is 0.778. The molecule has 2 rings (SSSR count). The number of rotatable bonds is 4. The Morgan fingerprint density at radius 3 is 2.80 bits per heavy atom. The molecular weight excluding hydrogens is 272 g/mol. The lowest BCUT2D eigenvalue weighted by atomic mass is 9.87. The molecule has 0 spiro atoms. The molecule has 0 saturated heterocycles. The molecule has 0 bridgehead atoms. The van der Waals surface area contributed by atoms with Gasteiger partial charge in [0.1, 0.15) is 17.6 Å². The third-order valence-electron chi connectivity index (χ3n) is 3.53. The molecule has 1 aliphatic rings. The van der Waals surface area contributed by atoms with E-state index in [0.29, 0.717) is 10.6 Å². The van der Waals surface area contributed by atoms with Crippen LogP contribution in [0.3, 0.4) is 0 Å². The average molecular weight is 291 g/mol. The molecule has 0 aliphatic carbocycles. The van der Waals surface area contributed by atoms with Crippen molar-refractivity contribution < 1.29 is 9.53 Å². The number of carbonyl (C=O) groups is 1. The number of carbonyl (C=O) groups excluding carboxylic acids is 1. The third-order valence-corrected chi connectivity index (χ3v) is 3.76. The van der Waals surface area contributed by atoms with Crippen LogP contribution >= 0.6 is 11.6 Å². The number of ether oxygens (including phenoxy) is 1. The van der Waals surface area contributed by atoms with Gasteiger partial charge in [-0.25, -0.2) is 0 Å². The largest absolute Gasteiger partial charge is 0.482 e. The van der Waals surface area contributed by atoms with Gasteiger partial charge in [-0.05, 0) is 57.9 Å². The molecule has 20 heavy (non-hydrogen) atoms. The van der Waals surface area contributed by atoms with E-state index in [2.05, 4.69) is 19.9 Å². The van der Waals surface area contributed by atoms with Crippen LogP contribution in [-0.2, 0) is 4.79 Å².